The van der Waals surface area contributed by atoms with E-state index in [1.165, 1.54) is 6.20 Å². The normalized spacial score (nSPS) is 10.5. The summed E-state index contributed by atoms with van der Waals surface area (Å²) >= 11 is 5.91. The van der Waals surface area contributed by atoms with Crippen LogP contribution in [0, 0.1) is 0 Å². The molecule has 0 saturated carbocycles. The number of fused-ring (bicyclic) bond motifs is 1. The molecule has 2 rings (SSSR count). The summed E-state index contributed by atoms with van der Waals surface area (Å²) in [7, 11) is 0. The second-order valence-corrected chi connectivity index (χ2v) is 3.40. The SMILES string of the molecule is CCOC(=O)c1cc2cncc(Cl)c2[nH]1. The third-order valence-corrected chi connectivity index (χ3v) is 2.27. The number of aromatic nitrogens is 2. The zero-order valence-corrected chi connectivity index (χ0v) is 8.84. The Morgan fingerprint density at radius 1 is 1.60 bits per heavy atom. The summed E-state index contributed by atoms with van der Waals surface area (Å²) in [6.07, 6.45) is 3.16. The van der Waals surface area contributed by atoms with Crippen LogP contribution in [0.1, 0.15) is 17.4 Å². The molecule has 4 nitrogen and oxygen atoms in total. The predicted molar refractivity (Wildman–Crippen MR) is 57.1 cm³/mol. The molecule has 0 saturated heterocycles. The smallest absolute Gasteiger partial charge is 0.354 e. The van der Waals surface area contributed by atoms with Gasteiger partial charge in [0.15, 0.2) is 0 Å². The minimum atomic E-state index is -0.384. The molecule has 0 atom stereocenters. The fourth-order valence-electron chi connectivity index (χ4n) is 1.34. The number of carbonyl (C=O) groups excluding carboxylic acids is 1. The van der Waals surface area contributed by atoms with Gasteiger partial charge in [0.25, 0.3) is 0 Å². The van der Waals surface area contributed by atoms with Crippen LogP contribution in [-0.4, -0.2) is 22.5 Å². The highest BCUT2D eigenvalue weighted by Gasteiger charge is 2.11. The maximum Gasteiger partial charge on any atom is 0.354 e. The molecule has 5 heteroatoms. The molecule has 0 aromatic carbocycles. The van der Waals surface area contributed by atoms with E-state index in [2.05, 4.69) is 9.97 Å². The Labute approximate surface area is 91.2 Å². The fraction of sp³-hybridized carbons (Fsp3) is 0.200. The van der Waals surface area contributed by atoms with Gasteiger partial charge in [0.2, 0.25) is 0 Å². The minimum absolute atomic E-state index is 0.347. The Morgan fingerprint density at radius 3 is 3.07 bits per heavy atom. The van der Waals surface area contributed by atoms with Crippen LogP contribution in [0.3, 0.4) is 0 Å². The Morgan fingerprint density at radius 2 is 2.40 bits per heavy atom. The Hall–Kier alpha value is -1.55. The number of pyridine rings is 1. The van der Waals surface area contributed by atoms with Crippen LogP contribution in [0.15, 0.2) is 18.5 Å². The summed E-state index contributed by atoms with van der Waals surface area (Å²) in [5, 5.41) is 1.29. The molecule has 0 amide bonds. The van der Waals surface area contributed by atoms with Gasteiger partial charge >= 0.3 is 5.97 Å². The van der Waals surface area contributed by atoms with E-state index < -0.39 is 0 Å². The molecule has 0 aliphatic carbocycles. The van der Waals surface area contributed by atoms with Crippen molar-refractivity contribution in [1.82, 2.24) is 9.97 Å². The second kappa shape index (κ2) is 3.90. The average Bonchev–Trinajstić information content (AvgIpc) is 2.63. The average molecular weight is 225 g/mol. The largest absolute Gasteiger partial charge is 0.461 e. The van der Waals surface area contributed by atoms with Crippen molar-refractivity contribution < 1.29 is 9.53 Å². The summed E-state index contributed by atoms with van der Waals surface area (Å²) < 4.78 is 4.86. The van der Waals surface area contributed by atoms with Gasteiger partial charge < -0.3 is 9.72 Å². The van der Waals surface area contributed by atoms with E-state index in [0.717, 1.165) is 5.39 Å². The highest BCUT2D eigenvalue weighted by atomic mass is 35.5. The lowest BCUT2D eigenvalue weighted by molar-refractivity contribution is 0.0520. The summed E-state index contributed by atoms with van der Waals surface area (Å²) in [5.41, 5.74) is 1.09. The molecule has 0 spiro atoms. The minimum Gasteiger partial charge on any atom is -0.461 e. The lowest BCUT2D eigenvalue weighted by Gasteiger charge is -1.96. The second-order valence-electron chi connectivity index (χ2n) is 2.99. The van der Waals surface area contributed by atoms with Crippen LogP contribution < -0.4 is 0 Å². The van der Waals surface area contributed by atoms with Gasteiger partial charge in [-0.1, -0.05) is 11.6 Å². The van der Waals surface area contributed by atoms with Crippen LogP contribution >= 0.6 is 11.6 Å². The summed E-state index contributed by atoms with van der Waals surface area (Å²) in [6, 6.07) is 1.67. The van der Waals surface area contributed by atoms with Crippen LogP contribution in [0.2, 0.25) is 5.02 Å². The monoisotopic (exact) mass is 224 g/mol. The first-order valence-electron chi connectivity index (χ1n) is 4.51. The van der Waals surface area contributed by atoms with Crippen molar-refractivity contribution in [2.75, 3.05) is 6.61 Å². The van der Waals surface area contributed by atoms with Crippen LogP contribution in [-0.2, 0) is 4.74 Å². The van der Waals surface area contributed by atoms with Gasteiger partial charge in [-0.15, -0.1) is 0 Å². The van der Waals surface area contributed by atoms with E-state index in [0.29, 0.717) is 22.8 Å². The van der Waals surface area contributed by atoms with E-state index in [1.54, 1.807) is 19.2 Å². The number of halogens is 1. The first-order chi connectivity index (χ1) is 7.22. The standard InChI is InChI=1S/C10H9ClN2O2/c1-2-15-10(14)8-3-6-4-12-5-7(11)9(6)13-8/h3-5,13H,2H2,1H3. The topological polar surface area (TPSA) is 55.0 Å². The number of nitrogens with zero attached hydrogens (tertiary/aromatic N) is 1. The van der Waals surface area contributed by atoms with E-state index >= 15 is 0 Å². The molecule has 0 aliphatic heterocycles. The van der Waals surface area contributed by atoms with Crippen molar-refractivity contribution in [1.29, 1.82) is 0 Å². The number of carbonyl (C=O) groups is 1. The highest BCUT2D eigenvalue weighted by Crippen LogP contribution is 2.22. The van der Waals surface area contributed by atoms with E-state index in [-0.39, 0.29) is 5.97 Å². The maximum atomic E-state index is 11.4. The molecule has 78 valence electrons. The molecule has 2 aromatic heterocycles. The van der Waals surface area contributed by atoms with Gasteiger partial charge in [-0.2, -0.15) is 0 Å². The molecular formula is C10H9ClN2O2. The molecule has 2 aromatic rings. The number of esters is 1. The van der Waals surface area contributed by atoms with E-state index in [1.807, 2.05) is 0 Å². The molecule has 0 bridgehead atoms. The van der Waals surface area contributed by atoms with Crippen LogP contribution in [0.5, 0.6) is 0 Å². The molecule has 1 N–H and O–H groups in total. The maximum absolute atomic E-state index is 11.4. The number of aromatic amines is 1. The quantitative estimate of drug-likeness (QED) is 0.797. The third kappa shape index (κ3) is 1.80. The predicted octanol–water partition coefficient (Wildman–Crippen LogP) is 2.39. The summed E-state index contributed by atoms with van der Waals surface area (Å²) in [4.78, 5) is 18.2. The molecule has 15 heavy (non-hydrogen) atoms. The zero-order valence-electron chi connectivity index (χ0n) is 8.08. The lowest BCUT2D eigenvalue weighted by atomic mass is 10.3. The zero-order chi connectivity index (χ0) is 10.8. The number of rotatable bonds is 2. The van der Waals surface area contributed by atoms with Crippen molar-refractivity contribution in [2.45, 2.75) is 6.92 Å². The van der Waals surface area contributed by atoms with E-state index in [9.17, 15) is 4.79 Å². The highest BCUT2D eigenvalue weighted by molar-refractivity contribution is 6.35. The molecule has 0 unspecified atom stereocenters. The Bertz CT molecular complexity index is 507. The van der Waals surface area contributed by atoms with E-state index in [4.69, 9.17) is 16.3 Å². The van der Waals surface area contributed by atoms with Gasteiger partial charge in [-0.3, -0.25) is 4.98 Å². The van der Waals surface area contributed by atoms with Crippen molar-refractivity contribution >= 4 is 28.5 Å². The van der Waals surface area contributed by atoms with Crippen LogP contribution in [0.4, 0.5) is 0 Å². The molecular weight excluding hydrogens is 216 g/mol. The van der Waals surface area contributed by atoms with Crippen molar-refractivity contribution in [3.05, 3.63) is 29.2 Å². The van der Waals surface area contributed by atoms with Gasteiger partial charge in [-0.25, -0.2) is 4.79 Å². The van der Waals surface area contributed by atoms with Crippen molar-refractivity contribution in [3.63, 3.8) is 0 Å². The third-order valence-electron chi connectivity index (χ3n) is 1.98. The number of nitrogens with one attached hydrogen (secondary N) is 1. The van der Waals surface area contributed by atoms with Gasteiger partial charge in [0, 0.05) is 17.8 Å². The number of H-pyrrole nitrogens is 1. The molecule has 0 radical (unpaired) electrons. The molecule has 0 fully saturated rings. The first kappa shape index (κ1) is 9.98. The first-order valence-corrected chi connectivity index (χ1v) is 4.89. The fourth-order valence-corrected chi connectivity index (χ4v) is 1.55. The van der Waals surface area contributed by atoms with Gasteiger partial charge in [0.05, 0.1) is 17.1 Å². The summed E-state index contributed by atoms with van der Waals surface area (Å²) in [5.74, 6) is -0.384. The van der Waals surface area contributed by atoms with Crippen molar-refractivity contribution in [3.8, 4) is 0 Å². The summed E-state index contributed by atoms with van der Waals surface area (Å²) in [6.45, 7) is 2.11. The lowest BCUT2D eigenvalue weighted by Crippen LogP contribution is -2.04. The van der Waals surface area contributed by atoms with Crippen LogP contribution in [0.25, 0.3) is 10.9 Å². The van der Waals surface area contributed by atoms with Gasteiger partial charge in [0.1, 0.15) is 5.69 Å². The molecule has 2 heterocycles. The Balaban J connectivity index is 2.47. The number of hydrogen-bond acceptors (Lipinski definition) is 3. The van der Waals surface area contributed by atoms with Crippen molar-refractivity contribution in [2.24, 2.45) is 0 Å². The number of ether oxygens (including phenoxy) is 1. The number of hydrogen-bond donors (Lipinski definition) is 1. The molecule has 0 aliphatic rings. The van der Waals surface area contributed by atoms with Gasteiger partial charge in [-0.05, 0) is 13.0 Å². The Kier molecular flexibility index (Phi) is 2.60.